The Balaban J connectivity index is 1.85. The van der Waals surface area contributed by atoms with E-state index in [0.717, 1.165) is 19.4 Å². The maximum Gasteiger partial charge on any atom is 0.0379 e. The number of para-hydroxylation sites is 1. The highest BCUT2D eigenvalue weighted by Gasteiger charge is 2.41. The standard InChI is InChI=1S/C12H16N2O2S/c15-17(16)14-7-5-12(6-8-14)9-13-11-4-2-1-3-10(11)12/h1-4,13H,5-9H2,(H,15,16)/p-1. The van der Waals surface area contributed by atoms with Crippen LogP contribution < -0.4 is 5.32 Å². The summed E-state index contributed by atoms with van der Waals surface area (Å²) in [7, 11) is 0. The summed E-state index contributed by atoms with van der Waals surface area (Å²) in [5.41, 5.74) is 2.72. The van der Waals surface area contributed by atoms with Gasteiger partial charge in [0.05, 0.1) is 0 Å². The van der Waals surface area contributed by atoms with Gasteiger partial charge < -0.3 is 9.87 Å². The predicted molar refractivity (Wildman–Crippen MR) is 66.3 cm³/mol. The van der Waals surface area contributed by atoms with Crippen LogP contribution in [-0.2, 0) is 16.7 Å². The molecule has 0 aliphatic carbocycles. The lowest BCUT2D eigenvalue weighted by molar-refractivity contribution is 0.244. The molecule has 1 spiro atoms. The number of hydrogen-bond acceptors (Lipinski definition) is 3. The monoisotopic (exact) mass is 251 g/mol. The molecule has 17 heavy (non-hydrogen) atoms. The van der Waals surface area contributed by atoms with Crippen molar-refractivity contribution in [2.75, 3.05) is 25.0 Å². The molecule has 2 aliphatic rings. The topological polar surface area (TPSA) is 55.4 Å². The fraction of sp³-hybridized carbons (Fsp3) is 0.500. The number of fused-ring (bicyclic) bond motifs is 2. The maximum absolute atomic E-state index is 10.9. The molecule has 5 heteroatoms. The van der Waals surface area contributed by atoms with Crippen molar-refractivity contribution in [2.45, 2.75) is 18.3 Å². The van der Waals surface area contributed by atoms with Gasteiger partial charge in [-0.05, 0) is 24.5 Å². The summed E-state index contributed by atoms with van der Waals surface area (Å²) in [6.07, 6.45) is 1.82. The zero-order valence-corrected chi connectivity index (χ0v) is 10.3. The number of piperidine rings is 1. The number of hydrogen-bond donors (Lipinski definition) is 1. The Labute approximate surface area is 103 Å². The molecule has 0 bridgehead atoms. The second-order valence-corrected chi connectivity index (χ2v) is 5.78. The van der Waals surface area contributed by atoms with E-state index < -0.39 is 11.3 Å². The van der Waals surface area contributed by atoms with Gasteiger partial charge in [0.15, 0.2) is 0 Å². The third kappa shape index (κ3) is 1.78. The van der Waals surface area contributed by atoms with Crippen molar-refractivity contribution in [2.24, 2.45) is 0 Å². The van der Waals surface area contributed by atoms with Gasteiger partial charge in [-0.25, -0.2) is 4.31 Å². The van der Waals surface area contributed by atoms with Crippen LogP contribution in [0, 0.1) is 0 Å². The van der Waals surface area contributed by atoms with E-state index >= 15 is 0 Å². The predicted octanol–water partition coefficient (Wildman–Crippen LogP) is 1.24. The Bertz CT molecular complexity index is 456. The lowest BCUT2D eigenvalue weighted by Crippen LogP contribution is -2.44. The van der Waals surface area contributed by atoms with Crippen LogP contribution in [0.25, 0.3) is 0 Å². The minimum atomic E-state index is -2.06. The van der Waals surface area contributed by atoms with Gasteiger partial charge >= 0.3 is 0 Å². The van der Waals surface area contributed by atoms with E-state index in [1.807, 2.05) is 6.07 Å². The molecule has 1 aromatic carbocycles. The van der Waals surface area contributed by atoms with Gasteiger partial charge in [-0.3, -0.25) is 4.21 Å². The largest absolute Gasteiger partial charge is 0.760 e. The first-order chi connectivity index (χ1) is 8.21. The highest BCUT2D eigenvalue weighted by Crippen LogP contribution is 2.43. The van der Waals surface area contributed by atoms with E-state index in [1.165, 1.54) is 15.6 Å². The number of anilines is 1. The number of nitrogens with zero attached hydrogens (tertiary/aromatic N) is 1. The molecule has 2 aliphatic heterocycles. The molecule has 92 valence electrons. The molecule has 4 nitrogen and oxygen atoms in total. The quantitative estimate of drug-likeness (QED) is 0.764. The second-order valence-electron chi connectivity index (χ2n) is 4.83. The van der Waals surface area contributed by atoms with Gasteiger partial charge in [0, 0.05) is 42.0 Å². The normalized spacial score (nSPS) is 24.3. The van der Waals surface area contributed by atoms with Crippen LogP contribution in [0.5, 0.6) is 0 Å². The molecule has 1 atom stereocenters. The van der Waals surface area contributed by atoms with Gasteiger partial charge in [-0.1, -0.05) is 18.2 Å². The van der Waals surface area contributed by atoms with Crippen LogP contribution in [0.15, 0.2) is 24.3 Å². The van der Waals surface area contributed by atoms with E-state index in [0.29, 0.717) is 13.1 Å². The second kappa shape index (κ2) is 4.08. The third-order valence-corrected chi connectivity index (χ3v) is 4.79. The fourth-order valence-electron chi connectivity index (χ4n) is 2.97. The maximum atomic E-state index is 10.9. The summed E-state index contributed by atoms with van der Waals surface area (Å²) in [4.78, 5) is 0. The van der Waals surface area contributed by atoms with Gasteiger partial charge in [0.1, 0.15) is 0 Å². The first-order valence-corrected chi connectivity index (χ1v) is 6.92. The molecule has 1 unspecified atom stereocenters. The lowest BCUT2D eigenvalue weighted by Gasteiger charge is -2.39. The third-order valence-electron chi connectivity index (χ3n) is 4.01. The van der Waals surface area contributed by atoms with Crippen molar-refractivity contribution in [1.29, 1.82) is 0 Å². The van der Waals surface area contributed by atoms with Crippen molar-refractivity contribution >= 4 is 17.0 Å². The van der Waals surface area contributed by atoms with Crippen LogP contribution in [0.1, 0.15) is 18.4 Å². The van der Waals surface area contributed by atoms with Crippen LogP contribution >= 0.6 is 0 Å². The summed E-state index contributed by atoms with van der Waals surface area (Å²) in [5.74, 6) is 0. The van der Waals surface area contributed by atoms with Crippen molar-refractivity contribution in [3.63, 3.8) is 0 Å². The molecule has 0 amide bonds. The SMILES string of the molecule is O=S([O-])N1CCC2(CC1)CNc1ccccc12. The minimum Gasteiger partial charge on any atom is -0.760 e. The average Bonchev–Trinajstić information content (AvgIpc) is 2.70. The van der Waals surface area contributed by atoms with Gasteiger partial charge in [0.25, 0.3) is 0 Å². The zero-order chi connectivity index (χ0) is 11.9. The zero-order valence-electron chi connectivity index (χ0n) is 9.52. The van der Waals surface area contributed by atoms with E-state index in [4.69, 9.17) is 0 Å². The van der Waals surface area contributed by atoms with Crippen molar-refractivity contribution in [3.8, 4) is 0 Å². The molecule has 2 heterocycles. The molecule has 0 radical (unpaired) electrons. The van der Waals surface area contributed by atoms with Crippen molar-refractivity contribution in [3.05, 3.63) is 29.8 Å². The van der Waals surface area contributed by atoms with E-state index in [-0.39, 0.29) is 5.41 Å². The van der Waals surface area contributed by atoms with E-state index in [2.05, 4.69) is 23.5 Å². The van der Waals surface area contributed by atoms with Gasteiger partial charge in [-0.2, -0.15) is 0 Å². The summed E-state index contributed by atoms with van der Waals surface area (Å²) < 4.78 is 23.3. The summed E-state index contributed by atoms with van der Waals surface area (Å²) >= 11 is -2.06. The van der Waals surface area contributed by atoms with Gasteiger partial charge in [-0.15, -0.1) is 0 Å². The lowest BCUT2D eigenvalue weighted by atomic mass is 9.75. The van der Waals surface area contributed by atoms with E-state index in [9.17, 15) is 8.76 Å². The van der Waals surface area contributed by atoms with Crippen LogP contribution in [0.2, 0.25) is 0 Å². The van der Waals surface area contributed by atoms with Crippen LogP contribution in [-0.4, -0.2) is 32.7 Å². The molecule has 1 saturated heterocycles. The molecule has 1 N–H and O–H groups in total. The summed E-state index contributed by atoms with van der Waals surface area (Å²) in [6, 6.07) is 8.36. The highest BCUT2D eigenvalue weighted by atomic mass is 32.2. The molecule has 1 fully saturated rings. The van der Waals surface area contributed by atoms with Crippen molar-refractivity contribution < 1.29 is 8.76 Å². The highest BCUT2D eigenvalue weighted by molar-refractivity contribution is 7.76. The molecule has 3 rings (SSSR count). The number of rotatable bonds is 1. The first kappa shape index (κ1) is 11.2. The number of nitrogens with one attached hydrogen (secondary N) is 1. The molecule has 0 aromatic heterocycles. The van der Waals surface area contributed by atoms with E-state index in [1.54, 1.807) is 0 Å². The molecule has 1 aromatic rings. The van der Waals surface area contributed by atoms with Crippen molar-refractivity contribution in [1.82, 2.24) is 4.31 Å². The Morgan fingerprint density at radius 2 is 2.00 bits per heavy atom. The Kier molecular flexibility index (Phi) is 2.69. The number of benzene rings is 1. The van der Waals surface area contributed by atoms with Gasteiger partial charge in [0.2, 0.25) is 0 Å². The fourth-order valence-corrected chi connectivity index (χ4v) is 3.45. The summed E-state index contributed by atoms with van der Waals surface area (Å²) in [5, 5.41) is 3.43. The van der Waals surface area contributed by atoms with Crippen LogP contribution in [0.4, 0.5) is 5.69 Å². The molecular weight excluding hydrogens is 236 g/mol. The molecular formula is C12H15N2O2S-. The van der Waals surface area contributed by atoms with Crippen LogP contribution in [0.3, 0.4) is 0 Å². The first-order valence-electron chi connectivity index (χ1n) is 5.89. The Morgan fingerprint density at radius 1 is 1.29 bits per heavy atom. The Hall–Kier alpha value is -0.910. The average molecular weight is 251 g/mol. The Morgan fingerprint density at radius 3 is 2.71 bits per heavy atom. The summed E-state index contributed by atoms with van der Waals surface area (Å²) in [6.45, 7) is 2.20. The minimum absolute atomic E-state index is 0.145. The molecule has 0 saturated carbocycles. The smallest absolute Gasteiger partial charge is 0.0379 e.